The van der Waals surface area contributed by atoms with E-state index in [1.165, 1.54) is 24.3 Å². The molecule has 1 fully saturated rings. The zero-order chi connectivity index (χ0) is 29.5. The van der Waals surface area contributed by atoms with E-state index in [0.29, 0.717) is 35.3 Å². The van der Waals surface area contributed by atoms with Crippen LogP contribution >= 0.6 is 0 Å². The fourth-order valence-electron chi connectivity index (χ4n) is 4.46. The predicted molar refractivity (Wildman–Crippen MR) is 143 cm³/mol. The van der Waals surface area contributed by atoms with E-state index in [9.17, 15) is 36.0 Å². The molecule has 212 valence electrons. The molecule has 1 aliphatic heterocycles. The van der Waals surface area contributed by atoms with E-state index in [-0.39, 0.29) is 26.7 Å². The molecule has 0 radical (unpaired) electrons. The molecule has 1 aromatic heterocycles. The average molecular weight is 587 g/mol. The summed E-state index contributed by atoms with van der Waals surface area (Å²) < 4.78 is 62.0. The minimum Gasteiger partial charge on any atom is -0.374 e. The molecule has 5 rings (SSSR count). The number of anilines is 2. The van der Waals surface area contributed by atoms with Gasteiger partial charge < -0.3 is 15.1 Å². The molecule has 1 atom stereocenters. The smallest absolute Gasteiger partial charge is 0.374 e. The molecule has 1 saturated heterocycles. The SMILES string of the molecule is CS(=O)(=O)c1cccc(NC2CCN(c3ccc(-c4nn(OC(=O)C(F)(F)F)c(=O)c5ccccc45)cc3)C2=O)c1. The monoisotopic (exact) mass is 586 g/mol. The number of fused-ring (bicyclic) bond motifs is 1. The summed E-state index contributed by atoms with van der Waals surface area (Å²) in [6, 6.07) is 18.0. The molecule has 3 aromatic carbocycles. The first-order valence-electron chi connectivity index (χ1n) is 12.1. The molecule has 2 heterocycles. The molecule has 0 saturated carbocycles. The third-order valence-electron chi connectivity index (χ3n) is 6.44. The summed E-state index contributed by atoms with van der Waals surface area (Å²) in [4.78, 5) is 43.1. The topological polar surface area (TPSA) is 128 Å². The van der Waals surface area contributed by atoms with E-state index in [1.54, 1.807) is 53.4 Å². The van der Waals surface area contributed by atoms with Crippen molar-refractivity contribution in [1.82, 2.24) is 9.94 Å². The third-order valence-corrected chi connectivity index (χ3v) is 7.55. The van der Waals surface area contributed by atoms with E-state index >= 15 is 0 Å². The summed E-state index contributed by atoms with van der Waals surface area (Å²) in [5, 5.41) is 7.26. The Morgan fingerprint density at radius 1 is 1.00 bits per heavy atom. The van der Waals surface area contributed by atoms with E-state index < -0.39 is 33.6 Å². The Kier molecular flexibility index (Phi) is 7.03. The van der Waals surface area contributed by atoms with Gasteiger partial charge in [-0.2, -0.15) is 13.2 Å². The summed E-state index contributed by atoms with van der Waals surface area (Å²) in [7, 11) is -3.42. The number of nitrogens with one attached hydrogen (secondary N) is 1. The summed E-state index contributed by atoms with van der Waals surface area (Å²) in [5.41, 5.74) is 0.458. The molecule has 1 unspecified atom stereocenters. The lowest BCUT2D eigenvalue weighted by molar-refractivity contribution is -0.201. The standard InChI is InChI=1S/C27H21F3N4O6S/c1-41(38,39)19-6-4-5-17(15-19)31-22-13-14-33(25(22)36)18-11-9-16(10-12-18)23-20-7-2-3-8-21(20)24(35)34(32-23)40-26(37)27(28,29)30/h2-12,15,22,31H,13-14H2,1H3. The number of carbonyl (C=O) groups is 2. The van der Waals surface area contributed by atoms with Gasteiger partial charge >= 0.3 is 17.7 Å². The predicted octanol–water partition coefficient (Wildman–Crippen LogP) is 3.20. The number of hydrogen-bond donors (Lipinski definition) is 1. The average Bonchev–Trinajstić information content (AvgIpc) is 3.29. The summed E-state index contributed by atoms with van der Waals surface area (Å²) in [5.74, 6) is -2.83. The highest BCUT2D eigenvalue weighted by atomic mass is 32.2. The van der Waals surface area contributed by atoms with E-state index in [0.717, 1.165) is 6.26 Å². The number of alkyl halides is 3. The Morgan fingerprint density at radius 3 is 2.34 bits per heavy atom. The van der Waals surface area contributed by atoms with Gasteiger partial charge in [-0.3, -0.25) is 9.59 Å². The fourth-order valence-corrected chi connectivity index (χ4v) is 5.13. The number of benzene rings is 3. The lowest BCUT2D eigenvalue weighted by atomic mass is 10.0. The highest BCUT2D eigenvalue weighted by molar-refractivity contribution is 7.90. The quantitative estimate of drug-likeness (QED) is 0.365. The van der Waals surface area contributed by atoms with Gasteiger partial charge in [-0.1, -0.05) is 36.4 Å². The van der Waals surface area contributed by atoms with Crippen molar-refractivity contribution in [2.24, 2.45) is 0 Å². The lowest BCUT2D eigenvalue weighted by Crippen LogP contribution is -2.39. The maximum absolute atomic E-state index is 13.1. The number of rotatable bonds is 6. The Labute approximate surface area is 230 Å². The van der Waals surface area contributed by atoms with Crippen LogP contribution in [0.4, 0.5) is 24.5 Å². The van der Waals surface area contributed by atoms with Gasteiger partial charge in [0.15, 0.2) is 9.84 Å². The Balaban J connectivity index is 1.40. The molecule has 1 aliphatic rings. The molecular weight excluding hydrogens is 565 g/mol. The van der Waals surface area contributed by atoms with Crippen LogP contribution < -0.4 is 20.6 Å². The number of sulfone groups is 1. The highest BCUT2D eigenvalue weighted by Crippen LogP contribution is 2.29. The molecule has 4 aromatic rings. The Bertz CT molecular complexity index is 1840. The van der Waals surface area contributed by atoms with Crippen LogP contribution in [0.5, 0.6) is 0 Å². The van der Waals surface area contributed by atoms with Gasteiger partial charge in [-0.25, -0.2) is 13.2 Å². The highest BCUT2D eigenvalue weighted by Gasteiger charge is 2.42. The third kappa shape index (κ3) is 5.63. The van der Waals surface area contributed by atoms with Gasteiger partial charge in [0.1, 0.15) is 11.7 Å². The van der Waals surface area contributed by atoms with Crippen molar-refractivity contribution in [3.05, 3.63) is 83.2 Å². The molecule has 0 bridgehead atoms. The Morgan fingerprint density at radius 2 is 1.68 bits per heavy atom. The number of hydrogen-bond acceptors (Lipinski definition) is 8. The van der Waals surface area contributed by atoms with Crippen LogP contribution in [-0.2, 0) is 19.4 Å². The molecule has 0 aliphatic carbocycles. The number of aromatic nitrogens is 2. The number of nitrogens with zero attached hydrogens (tertiary/aromatic N) is 3. The van der Waals surface area contributed by atoms with Gasteiger partial charge in [-0.15, -0.1) is 5.10 Å². The van der Waals surface area contributed by atoms with Crippen LogP contribution in [0.2, 0.25) is 0 Å². The van der Waals surface area contributed by atoms with Crippen molar-refractivity contribution in [3.8, 4) is 11.3 Å². The largest absolute Gasteiger partial charge is 0.493 e. The van der Waals surface area contributed by atoms with E-state index in [4.69, 9.17) is 0 Å². The molecule has 41 heavy (non-hydrogen) atoms. The van der Waals surface area contributed by atoms with Crippen LogP contribution in [0.1, 0.15) is 6.42 Å². The molecule has 1 amide bonds. The summed E-state index contributed by atoms with van der Waals surface area (Å²) >= 11 is 0. The van der Waals surface area contributed by atoms with Crippen molar-refractivity contribution in [2.75, 3.05) is 23.0 Å². The van der Waals surface area contributed by atoms with Gasteiger partial charge in [0.2, 0.25) is 5.91 Å². The van der Waals surface area contributed by atoms with Gasteiger partial charge in [-0.05, 0) is 47.7 Å². The van der Waals surface area contributed by atoms with Crippen LogP contribution in [0, 0.1) is 0 Å². The van der Waals surface area contributed by atoms with Gasteiger partial charge in [0.25, 0.3) is 0 Å². The van der Waals surface area contributed by atoms with Crippen LogP contribution in [-0.4, -0.2) is 55.3 Å². The minimum absolute atomic E-state index is 0.0138. The van der Waals surface area contributed by atoms with Crippen molar-refractivity contribution in [1.29, 1.82) is 0 Å². The first-order chi connectivity index (χ1) is 19.3. The Hall–Kier alpha value is -4.72. The normalized spacial score (nSPS) is 15.8. The maximum Gasteiger partial charge on any atom is 0.493 e. The zero-order valence-corrected chi connectivity index (χ0v) is 22.1. The van der Waals surface area contributed by atoms with Gasteiger partial charge in [0.05, 0.1) is 10.3 Å². The molecule has 10 nitrogen and oxygen atoms in total. The second kappa shape index (κ2) is 10.4. The second-order valence-electron chi connectivity index (χ2n) is 9.27. The van der Waals surface area contributed by atoms with Crippen LogP contribution in [0.3, 0.4) is 0 Å². The molecule has 14 heteroatoms. The van der Waals surface area contributed by atoms with E-state index in [2.05, 4.69) is 15.3 Å². The fraction of sp³-hybridized carbons (Fsp3) is 0.185. The number of amides is 1. The minimum atomic E-state index is -5.33. The molecular formula is C27H21F3N4O6S. The first kappa shape index (κ1) is 27.8. The van der Waals surface area contributed by atoms with Gasteiger partial charge in [0, 0.05) is 35.1 Å². The van der Waals surface area contributed by atoms with Crippen molar-refractivity contribution in [2.45, 2.75) is 23.5 Å². The molecule has 0 spiro atoms. The van der Waals surface area contributed by atoms with Crippen molar-refractivity contribution in [3.63, 3.8) is 0 Å². The van der Waals surface area contributed by atoms with Crippen molar-refractivity contribution >= 4 is 43.9 Å². The van der Waals surface area contributed by atoms with Crippen LogP contribution in [0.15, 0.2) is 82.5 Å². The summed E-state index contributed by atoms with van der Waals surface area (Å²) in [6.07, 6.45) is -3.79. The first-order valence-corrected chi connectivity index (χ1v) is 14.0. The van der Waals surface area contributed by atoms with E-state index in [1.807, 2.05) is 0 Å². The molecule has 1 N–H and O–H groups in total. The van der Waals surface area contributed by atoms with Crippen molar-refractivity contribution < 1.29 is 36.0 Å². The zero-order valence-electron chi connectivity index (χ0n) is 21.3. The second-order valence-corrected chi connectivity index (χ2v) is 11.3. The maximum atomic E-state index is 13.1. The summed E-state index contributed by atoms with van der Waals surface area (Å²) in [6.45, 7) is 0.376. The number of halogens is 3. The van der Waals surface area contributed by atoms with Crippen LogP contribution in [0.25, 0.3) is 22.0 Å². The lowest BCUT2D eigenvalue weighted by Gasteiger charge is -2.18. The number of carbonyl (C=O) groups excluding carboxylic acids is 2.